The van der Waals surface area contributed by atoms with Gasteiger partial charge in [0.2, 0.25) is 0 Å². The second kappa shape index (κ2) is 4.29. The molecule has 0 bridgehead atoms. The number of carbonyl (C=O) groups is 2. The van der Waals surface area contributed by atoms with Gasteiger partial charge in [0.1, 0.15) is 6.04 Å². The van der Waals surface area contributed by atoms with Gasteiger partial charge in [-0.2, -0.15) is 0 Å². The lowest BCUT2D eigenvalue weighted by molar-refractivity contribution is -0.149. The SMILES string of the molecule is CC#CC(=O)N1Cc2[nH]cnc2CC1C(=O)O. The molecule has 1 aliphatic rings. The molecule has 1 aliphatic heterocycles. The number of fused-ring (bicyclic) bond motifs is 1. The van der Waals surface area contributed by atoms with Crippen LogP contribution in [0.25, 0.3) is 0 Å². The highest BCUT2D eigenvalue weighted by Crippen LogP contribution is 2.20. The van der Waals surface area contributed by atoms with Gasteiger partial charge in [0, 0.05) is 6.42 Å². The number of carboxylic acid groups (broad SMARTS) is 1. The summed E-state index contributed by atoms with van der Waals surface area (Å²) in [6, 6.07) is -0.890. The van der Waals surface area contributed by atoms with E-state index in [1.54, 1.807) is 6.92 Å². The van der Waals surface area contributed by atoms with E-state index in [1.807, 2.05) is 0 Å². The molecule has 6 nitrogen and oxygen atoms in total. The number of nitrogens with one attached hydrogen (secondary N) is 1. The predicted molar refractivity (Wildman–Crippen MR) is 57.7 cm³/mol. The summed E-state index contributed by atoms with van der Waals surface area (Å²) in [4.78, 5) is 31.0. The zero-order chi connectivity index (χ0) is 12.4. The van der Waals surface area contributed by atoms with E-state index < -0.39 is 17.9 Å². The number of aromatic amines is 1. The molecule has 17 heavy (non-hydrogen) atoms. The minimum atomic E-state index is -1.04. The Kier molecular flexibility index (Phi) is 2.83. The summed E-state index contributed by atoms with van der Waals surface area (Å²) in [7, 11) is 0. The molecular weight excluding hydrogens is 222 g/mol. The Morgan fingerprint density at radius 1 is 1.65 bits per heavy atom. The molecule has 0 aromatic carbocycles. The second-order valence-corrected chi connectivity index (χ2v) is 3.69. The summed E-state index contributed by atoms with van der Waals surface area (Å²) in [6.07, 6.45) is 1.72. The second-order valence-electron chi connectivity index (χ2n) is 3.69. The van der Waals surface area contributed by atoms with Crippen LogP contribution in [-0.2, 0) is 22.6 Å². The van der Waals surface area contributed by atoms with Crippen molar-refractivity contribution in [2.45, 2.75) is 25.9 Å². The quantitative estimate of drug-likeness (QED) is 0.656. The maximum absolute atomic E-state index is 11.7. The van der Waals surface area contributed by atoms with Crippen LogP contribution in [0, 0.1) is 11.8 Å². The van der Waals surface area contributed by atoms with Crippen LogP contribution in [0.5, 0.6) is 0 Å². The van der Waals surface area contributed by atoms with Crippen molar-refractivity contribution < 1.29 is 14.7 Å². The van der Waals surface area contributed by atoms with E-state index in [0.717, 1.165) is 5.69 Å². The number of aromatic nitrogens is 2. The van der Waals surface area contributed by atoms with Crippen LogP contribution >= 0.6 is 0 Å². The predicted octanol–water partition coefficient (Wildman–Crippen LogP) is -0.229. The normalized spacial score (nSPS) is 17.9. The van der Waals surface area contributed by atoms with Crippen LogP contribution in [0.2, 0.25) is 0 Å². The van der Waals surface area contributed by atoms with E-state index in [2.05, 4.69) is 21.8 Å². The smallest absolute Gasteiger partial charge is 0.326 e. The summed E-state index contributed by atoms with van der Waals surface area (Å²) in [5.74, 6) is 3.34. The van der Waals surface area contributed by atoms with Crippen LogP contribution in [0.1, 0.15) is 18.3 Å². The zero-order valence-corrected chi connectivity index (χ0v) is 9.23. The van der Waals surface area contributed by atoms with E-state index in [0.29, 0.717) is 5.69 Å². The molecule has 0 radical (unpaired) electrons. The third-order valence-corrected chi connectivity index (χ3v) is 2.68. The van der Waals surface area contributed by atoms with Crippen molar-refractivity contribution in [1.29, 1.82) is 0 Å². The maximum Gasteiger partial charge on any atom is 0.326 e. The van der Waals surface area contributed by atoms with Crippen molar-refractivity contribution in [3.05, 3.63) is 17.7 Å². The van der Waals surface area contributed by atoms with Gasteiger partial charge in [-0.05, 0) is 12.8 Å². The molecule has 1 aromatic rings. The van der Waals surface area contributed by atoms with E-state index in [4.69, 9.17) is 5.11 Å². The average Bonchev–Trinajstić information content (AvgIpc) is 2.74. The van der Waals surface area contributed by atoms with Crippen molar-refractivity contribution in [3.63, 3.8) is 0 Å². The molecule has 0 saturated heterocycles. The third-order valence-electron chi connectivity index (χ3n) is 2.68. The third kappa shape index (κ3) is 1.99. The number of aliphatic carboxylic acids is 1. The summed E-state index contributed by atoms with van der Waals surface area (Å²) in [5, 5.41) is 9.11. The average molecular weight is 233 g/mol. The van der Waals surface area contributed by atoms with Crippen molar-refractivity contribution in [2.75, 3.05) is 0 Å². The lowest BCUT2D eigenvalue weighted by atomic mass is 10.0. The van der Waals surface area contributed by atoms with Crippen LogP contribution in [0.15, 0.2) is 6.33 Å². The highest BCUT2D eigenvalue weighted by Gasteiger charge is 2.35. The Balaban J connectivity index is 2.32. The minimum absolute atomic E-state index is 0.208. The Labute approximate surface area is 97.7 Å². The van der Waals surface area contributed by atoms with Crippen LogP contribution in [-0.4, -0.2) is 37.9 Å². The van der Waals surface area contributed by atoms with Crippen LogP contribution in [0.4, 0.5) is 0 Å². The number of amides is 1. The molecule has 2 rings (SSSR count). The summed E-state index contributed by atoms with van der Waals surface area (Å²) < 4.78 is 0. The first-order chi connectivity index (χ1) is 8.13. The topological polar surface area (TPSA) is 86.3 Å². The van der Waals surface area contributed by atoms with Gasteiger partial charge in [-0.15, -0.1) is 0 Å². The summed E-state index contributed by atoms with van der Waals surface area (Å²) in [6.45, 7) is 1.75. The number of carboxylic acids is 1. The molecule has 1 amide bonds. The Morgan fingerprint density at radius 3 is 3.06 bits per heavy atom. The first-order valence-corrected chi connectivity index (χ1v) is 5.10. The number of carbonyl (C=O) groups excluding carboxylic acids is 1. The number of H-pyrrole nitrogens is 1. The van der Waals surface area contributed by atoms with E-state index >= 15 is 0 Å². The molecule has 0 spiro atoms. The standard InChI is InChI=1S/C11H11N3O3/c1-2-3-10(15)14-5-8-7(12-6-13-8)4-9(14)11(16)17/h6,9H,4-5H2,1H3,(H,12,13)(H,16,17). The van der Waals surface area contributed by atoms with Gasteiger partial charge < -0.3 is 15.0 Å². The Hall–Kier alpha value is -2.29. The van der Waals surface area contributed by atoms with Gasteiger partial charge >= 0.3 is 5.97 Å². The van der Waals surface area contributed by atoms with Crippen LogP contribution < -0.4 is 0 Å². The number of hydrogen-bond donors (Lipinski definition) is 2. The summed E-state index contributed by atoms with van der Waals surface area (Å²) in [5.41, 5.74) is 1.47. The largest absolute Gasteiger partial charge is 0.480 e. The first-order valence-electron chi connectivity index (χ1n) is 5.10. The molecule has 2 heterocycles. The minimum Gasteiger partial charge on any atom is -0.480 e. The number of rotatable bonds is 1. The van der Waals surface area contributed by atoms with Gasteiger partial charge in [-0.1, -0.05) is 5.92 Å². The van der Waals surface area contributed by atoms with Gasteiger partial charge in [0.05, 0.1) is 24.3 Å². The molecule has 0 fully saturated rings. The lowest BCUT2D eigenvalue weighted by Gasteiger charge is -2.30. The number of nitrogens with zero attached hydrogens (tertiary/aromatic N) is 2. The van der Waals surface area contributed by atoms with Crippen molar-refractivity contribution in [2.24, 2.45) is 0 Å². The number of imidazole rings is 1. The van der Waals surface area contributed by atoms with E-state index in [9.17, 15) is 9.59 Å². The van der Waals surface area contributed by atoms with Crippen LogP contribution in [0.3, 0.4) is 0 Å². The molecule has 1 unspecified atom stereocenters. The van der Waals surface area contributed by atoms with Gasteiger partial charge in [-0.3, -0.25) is 4.79 Å². The first kappa shape index (κ1) is 11.2. The molecular formula is C11H11N3O3. The molecule has 6 heteroatoms. The van der Waals surface area contributed by atoms with Gasteiger partial charge in [-0.25, -0.2) is 9.78 Å². The zero-order valence-electron chi connectivity index (χ0n) is 9.23. The van der Waals surface area contributed by atoms with Crippen molar-refractivity contribution in [1.82, 2.24) is 14.9 Å². The monoisotopic (exact) mass is 233 g/mol. The fourth-order valence-corrected chi connectivity index (χ4v) is 1.85. The van der Waals surface area contributed by atoms with E-state index in [1.165, 1.54) is 11.2 Å². The Bertz CT molecular complexity index is 524. The van der Waals surface area contributed by atoms with Gasteiger partial charge in [0.25, 0.3) is 5.91 Å². The highest BCUT2D eigenvalue weighted by molar-refractivity contribution is 5.96. The molecule has 0 saturated carbocycles. The molecule has 1 aromatic heterocycles. The van der Waals surface area contributed by atoms with Crippen molar-refractivity contribution in [3.8, 4) is 11.8 Å². The fourth-order valence-electron chi connectivity index (χ4n) is 1.85. The Morgan fingerprint density at radius 2 is 2.41 bits per heavy atom. The molecule has 0 aliphatic carbocycles. The molecule has 88 valence electrons. The lowest BCUT2D eigenvalue weighted by Crippen LogP contribution is -2.48. The van der Waals surface area contributed by atoms with Crippen molar-refractivity contribution >= 4 is 11.9 Å². The summed E-state index contributed by atoms with van der Waals surface area (Å²) >= 11 is 0. The number of hydrogen-bond acceptors (Lipinski definition) is 3. The van der Waals surface area contributed by atoms with E-state index in [-0.39, 0.29) is 13.0 Å². The molecule has 1 atom stereocenters. The fraction of sp³-hybridized carbons (Fsp3) is 0.364. The molecule has 2 N–H and O–H groups in total. The highest BCUT2D eigenvalue weighted by atomic mass is 16.4. The van der Waals surface area contributed by atoms with Gasteiger partial charge in [0.15, 0.2) is 0 Å². The maximum atomic E-state index is 11.7.